The number of rotatable bonds is 3. The molecule has 0 aromatic heterocycles. The average Bonchev–Trinajstić information content (AvgIpc) is 2.32. The Labute approximate surface area is 115 Å². The van der Waals surface area contributed by atoms with Crippen LogP contribution in [-0.2, 0) is 0 Å². The van der Waals surface area contributed by atoms with Crippen LogP contribution >= 0.6 is 24.0 Å². The molecule has 2 N–H and O–H groups in total. The van der Waals surface area contributed by atoms with Crippen LogP contribution in [0.4, 0.5) is 0 Å². The Morgan fingerprint density at radius 3 is 2.69 bits per heavy atom. The molecule has 0 aliphatic carbocycles. The van der Waals surface area contributed by atoms with Crippen molar-refractivity contribution in [2.45, 2.75) is 25.7 Å². The molecule has 2 rings (SSSR count). The number of likely N-dealkylation sites (tertiary alicyclic amines) is 1. The van der Waals surface area contributed by atoms with E-state index in [0.29, 0.717) is 0 Å². The maximum Gasteiger partial charge on any atom is 0.191 e. The smallest absolute Gasteiger partial charge is 0.191 e. The first kappa shape index (κ1) is 14.0. The van der Waals surface area contributed by atoms with Gasteiger partial charge in [-0.3, -0.25) is 4.99 Å². The van der Waals surface area contributed by atoms with Crippen LogP contribution in [0.1, 0.15) is 25.7 Å². The largest absolute Gasteiger partial charge is 0.356 e. The molecule has 94 valence electrons. The van der Waals surface area contributed by atoms with Crippen LogP contribution in [0.5, 0.6) is 0 Å². The highest BCUT2D eigenvalue weighted by Gasteiger charge is 2.09. The van der Waals surface area contributed by atoms with E-state index in [2.05, 4.69) is 20.5 Å². The van der Waals surface area contributed by atoms with Crippen LogP contribution in [0.15, 0.2) is 4.99 Å². The number of halogens is 1. The Balaban J connectivity index is 0.00000128. The summed E-state index contributed by atoms with van der Waals surface area (Å²) in [6, 6.07) is 0. The van der Waals surface area contributed by atoms with Crippen LogP contribution < -0.4 is 10.6 Å². The summed E-state index contributed by atoms with van der Waals surface area (Å²) in [6.07, 6.45) is 5.33. The van der Waals surface area contributed by atoms with Crippen LogP contribution in [0.3, 0.4) is 0 Å². The van der Waals surface area contributed by atoms with E-state index < -0.39 is 0 Å². The van der Waals surface area contributed by atoms with Crippen molar-refractivity contribution in [3.63, 3.8) is 0 Å². The first-order valence-electron chi connectivity index (χ1n) is 6.20. The molecule has 1 fully saturated rings. The molecule has 0 aromatic carbocycles. The Hall–Kier alpha value is -0.0400. The van der Waals surface area contributed by atoms with Gasteiger partial charge in [0.25, 0.3) is 0 Å². The lowest BCUT2D eigenvalue weighted by molar-refractivity contribution is 0.232. The van der Waals surface area contributed by atoms with Crippen molar-refractivity contribution < 1.29 is 0 Å². The molecule has 0 bridgehead atoms. The number of aliphatic imine (C=N–C) groups is 1. The quantitative estimate of drug-likeness (QED) is 0.755. The second-order valence-corrected chi connectivity index (χ2v) is 4.34. The van der Waals surface area contributed by atoms with Crippen LogP contribution in [0.2, 0.25) is 0 Å². The molecule has 5 heteroatoms. The van der Waals surface area contributed by atoms with E-state index in [1.807, 2.05) is 0 Å². The lowest BCUT2D eigenvalue weighted by atomic mass is 10.1. The van der Waals surface area contributed by atoms with Crippen molar-refractivity contribution in [2.24, 2.45) is 4.99 Å². The van der Waals surface area contributed by atoms with E-state index in [4.69, 9.17) is 0 Å². The molecule has 0 aromatic rings. The molecule has 2 heterocycles. The minimum absolute atomic E-state index is 0. The van der Waals surface area contributed by atoms with E-state index >= 15 is 0 Å². The molecule has 16 heavy (non-hydrogen) atoms. The summed E-state index contributed by atoms with van der Waals surface area (Å²) < 4.78 is 0. The van der Waals surface area contributed by atoms with E-state index in [9.17, 15) is 0 Å². The Kier molecular flexibility index (Phi) is 7.11. The lowest BCUT2D eigenvalue weighted by Gasteiger charge is -2.27. The van der Waals surface area contributed by atoms with Gasteiger partial charge in [0.05, 0.1) is 0 Å². The van der Waals surface area contributed by atoms with Crippen molar-refractivity contribution in [1.82, 2.24) is 15.5 Å². The highest BCUT2D eigenvalue weighted by atomic mass is 127. The Morgan fingerprint density at radius 1 is 1.19 bits per heavy atom. The molecule has 2 aliphatic heterocycles. The second-order valence-electron chi connectivity index (χ2n) is 4.34. The monoisotopic (exact) mass is 338 g/mol. The van der Waals surface area contributed by atoms with E-state index in [1.165, 1.54) is 32.4 Å². The van der Waals surface area contributed by atoms with Crippen molar-refractivity contribution >= 4 is 29.9 Å². The van der Waals surface area contributed by atoms with Gasteiger partial charge in [-0.25, -0.2) is 0 Å². The van der Waals surface area contributed by atoms with Gasteiger partial charge >= 0.3 is 0 Å². The number of piperidine rings is 1. The molecule has 0 radical (unpaired) electrons. The number of nitrogens with one attached hydrogen (secondary N) is 2. The van der Waals surface area contributed by atoms with Gasteiger partial charge in [0.2, 0.25) is 0 Å². The fourth-order valence-corrected chi connectivity index (χ4v) is 2.17. The summed E-state index contributed by atoms with van der Waals surface area (Å²) in [5.41, 5.74) is 0. The fourth-order valence-electron chi connectivity index (χ4n) is 2.17. The Bertz CT molecular complexity index is 214. The first-order chi connectivity index (χ1) is 7.45. The number of guanidine groups is 1. The topological polar surface area (TPSA) is 39.7 Å². The van der Waals surface area contributed by atoms with E-state index in [1.54, 1.807) is 0 Å². The summed E-state index contributed by atoms with van der Waals surface area (Å²) >= 11 is 0. The maximum atomic E-state index is 4.39. The van der Waals surface area contributed by atoms with Gasteiger partial charge in [-0.15, -0.1) is 24.0 Å². The molecule has 4 nitrogen and oxygen atoms in total. The van der Waals surface area contributed by atoms with E-state index in [0.717, 1.165) is 38.6 Å². The van der Waals surface area contributed by atoms with Crippen LogP contribution in [-0.4, -0.2) is 50.1 Å². The third kappa shape index (κ3) is 4.86. The molecule has 0 saturated carbocycles. The molecule has 0 amide bonds. The van der Waals surface area contributed by atoms with Crippen molar-refractivity contribution in [3.8, 4) is 0 Å². The third-order valence-electron chi connectivity index (χ3n) is 3.07. The maximum absolute atomic E-state index is 4.39. The zero-order valence-electron chi connectivity index (χ0n) is 9.87. The minimum atomic E-state index is 0. The normalized spacial score (nSPS) is 21.6. The third-order valence-corrected chi connectivity index (χ3v) is 3.07. The summed E-state index contributed by atoms with van der Waals surface area (Å²) in [5.74, 6) is 0.998. The predicted octanol–water partition coefficient (Wildman–Crippen LogP) is 1.03. The molecule has 0 spiro atoms. The number of hydrogen-bond donors (Lipinski definition) is 2. The van der Waals surface area contributed by atoms with Gasteiger partial charge in [0.15, 0.2) is 5.96 Å². The lowest BCUT2D eigenvalue weighted by Crippen LogP contribution is -2.44. The minimum Gasteiger partial charge on any atom is -0.356 e. The van der Waals surface area contributed by atoms with Crippen molar-refractivity contribution in [1.29, 1.82) is 0 Å². The summed E-state index contributed by atoms with van der Waals surface area (Å²) in [6.45, 7) is 6.77. The zero-order chi connectivity index (χ0) is 10.3. The van der Waals surface area contributed by atoms with Crippen molar-refractivity contribution in [3.05, 3.63) is 0 Å². The first-order valence-corrected chi connectivity index (χ1v) is 6.20. The molecule has 1 saturated heterocycles. The van der Waals surface area contributed by atoms with Crippen molar-refractivity contribution in [2.75, 3.05) is 39.3 Å². The number of hydrogen-bond acceptors (Lipinski definition) is 4. The molecule has 2 aliphatic rings. The SMILES string of the molecule is C1CCN(CCNC2=NCCCN2)CC1.I. The molecular formula is C11H23IN4. The predicted molar refractivity (Wildman–Crippen MR) is 78.6 cm³/mol. The van der Waals surface area contributed by atoms with Gasteiger partial charge in [-0.05, 0) is 32.4 Å². The zero-order valence-corrected chi connectivity index (χ0v) is 12.2. The van der Waals surface area contributed by atoms with Gasteiger partial charge < -0.3 is 15.5 Å². The van der Waals surface area contributed by atoms with E-state index in [-0.39, 0.29) is 24.0 Å². The van der Waals surface area contributed by atoms with Gasteiger partial charge in [-0.1, -0.05) is 6.42 Å². The highest BCUT2D eigenvalue weighted by molar-refractivity contribution is 14.0. The van der Waals surface area contributed by atoms with Gasteiger partial charge in [0, 0.05) is 26.2 Å². The number of nitrogens with zero attached hydrogens (tertiary/aromatic N) is 2. The van der Waals surface area contributed by atoms with Gasteiger partial charge in [-0.2, -0.15) is 0 Å². The highest BCUT2D eigenvalue weighted by Crippen LogP contribution is 2.07. The second kappa shape index (κ2) is 8.11. The molecule has 0 atom stereocenters. The Morgan fingerprint density at radius 2 is 2.00 bits per heavy atom. The average molecular weight is 338 g/mol. The summed E-state index contributed by atoms with van der Waals surface area (Å²) in [5, 5.41) is 6.64. The summed E-state index contributed by atoms with van der Waals surface area (Å²) in [7, 11) is 0. The summed E-state index contributed by atoms with van der Waals surface area (Å²) in [4.78, 5) is 6.93. The van der Waals surface area contributed by atoms with Crippen LogP contribution in [0.25, 0.3) is 0 Å². The van der Waals surface area contributed by atoms with Crippen LogP contribution in [0, 0.1) is 0 Å². The molecular weight excluding hydrogens is 315 g/mol. The van der Waals surface area contributed by atoms with Gasteiger partial charge in [0.1, 0.15) is 0 Å². The fraction of sp³-hybridized carbons (Fsp3) is 0.909. The molecule has 0 unspecified atom stereocenters. The standard InChI is InChI=1S/C11H22N4.HI/c1-2-8-15(9-3-1)10-7-14-11-12-5-4-6-13-11;/h1-10H2,(H2,12,13,14);1H.